The van der Waals surface area contributed by atoms with Gasteiger partial charge in [0.2, 0.25) is 5.95 Å². The molecule has 1 aromatic heterocycles. The number of carbonyl (C=O) groups excluding carboxylic acids is 1. The third kappa shape index (κ3) is 5.61. The number of morpholine rings is 1. The van der Waals surface area contributed by atoms with Crippen LogP contribution in [0.15, 0.2) is 85.1 Å². The van der Waals surface area contributed by atoms with Crippen LogP contribution in [0.1, 0.15) is 10.4 Å². The number of aromatic nitrogens is 2. The molecular formula is C28H27N5O3. The molecule has 3 aromatic carbocycles. The van der Waals surface area contributed by atoms with Crippen LogP contribution in [0.3, 0.4) is 0 Å². The lowest BCUT2D eigenvalue weighted by Crippen LogP contribution is -2.36. The molecule has 2 N–H and O–H groups in total. The van der Waals surface area contributed by atoms with Gasteiger partial charge in [-0.25, -0.2) is 9.97 Å². The Hall–Kier alpha value is -4.43. The Bertz CT molecular complexity index is 1300. The van der Waals surface area contributed by atoms with Gasteiger partial charge in [-0.05, 0) is 66.7 Å². The predicted molar refractivity (Wildman–Crippen MR) is 141 cm³/mol. The molecule has 0 spiro atoms. The van der Waals surface area contributed by atoms with E-state index >= 15 is 0 Å². The maximum absolute atomic E-state index is 12.5. The molecule has 0 radical (unpaired) electrons. The fraction of sp³-hybridized carbons (Fsp3) is 0.179. The first-order valence-electron chi connectivity index (χ1n) is 11.8. The maximum Gasteiger partial charge on any atom is 0.255 e. The van der Waals surface area contributed by atoms with Gasteiger partial charge < -0.3 is 25.0 Å². The van der Waals surface area contributed by atoms with Crippen LogP contribution in [0.25, 0.3) is 11.3 Å². The first-order valence-corrected chi connectivity index (χ1v) is 11.8. The van der Waals surface area contributed by atoms with E-state index in [4.69, 9.17) is 9.47 Å². The zero-order valence-electron chi connectivity index (χ0n) is 20.0. The summed E-state index contributed by atoms with van der Waals surface area (Å²) in [4.78, 5) is 23.8. The molecule has 1 saturated heterocycles. The van der Waals surface area contributed by atoms with Crippen molar-refractivity contribution in [2.75, 3.05) is 48.9 Å². The minimum Gasteiger partial charge on any atom is -0.497 e. The molecule has 1 aliphatic heterocycles. The van der Waals surface area contributed by atoms with Crippen molar-refractivity contribution in [2.45, 2.75) is 0 Å². The van der Waals surface area contributed by atoms with Gasteiger partial charge in [-0.3, -0.25) is 4.79 Å². The lowest BCUT2D eigenvalue weighted by molar-refractivity contribution is 0.102. The van der Waals surface area contributed by atoms with E-state index < -0.39 is 0 Å². The number of nitrogens with zero attached hydrogens (tertiary/aromatic N) is 3. The Labute approximate surface area is 209 Å². The van der Waals surface area contributed by atoms with Crippen LogP contribution in [0.5, 0.6) is 5.75 Å². The monoisotopic (exact) mass is 481 g/mol. The number of benzene rings is 3. The second kappa shape index (κ2) is 10.9. The molecule has 36 heavy (non-hydrogen) atoms. The molecule has 8 heteroatoms. The molecule has 0 aliphatic carbocycles. The molecule has 2 heterocycles. The standard InChI is InChI=1S/C28H27N5O3/c1-35-25-12-4-21(5-13-25)27(34)30-22-6-2-20(3-7-22)26-14-15-29-28(32-26)31-23-8-10-24(11-9-23)33-16-18-36-19-17-33/h2-15H,16-19H2,1H3,(H,30,34)(H,29,31,32). The molecule has 5 rings (SSSR count). The first kappa shape index (κ1) is 23.3. The van der Waals surface area contributed by atoms with Crippen molar-refractivity contribution in [3.05, 3.63) is 90.6 Å². The van der Waals surface area contributed by atoms with E-state index in [1.165, 1.54) is 5.69 Å². The summed E-state index contributed by atoms with van der Waals surface area (Å²) >= 11 is 0. The van der Waals surface area contributed by atoms with Crippen LogP contribution in [-0.2, 0) is 4.74 Å². The smallest absolute Gasteiger partial charge is 0.255 e. The molecule has 0 saturated carbocycles. The number of methoxy groups -OCH3 is 1. The van der Waals surface area contributed by atoms with E-state index in [-0.39, 0.29) is 5.91 Å². The number of ether oxygens (including phenoxy) is 2. The average Bonchev–Trinajstić information content (AvgIpc) is 2.94. The van der Waals surface area contributed by atoms with Crippen LogP contribution >= 0.6 is 0 Å². The number of carbonyl (C=O) groups is 1. The zero-order chi connectivity index (χ0) is 24.7. The molecule has 1 aliphatic rings. The summed E-state index contributed by atoms with van der Waals surface area (Å²) in [5.41, 5.74) is 5.06. The zero-order valence-corrected chi connectivity index (χ0v) is 20.0. The molecule has 8 nitrogen and oxygen atoms in total. The molecule has 1 fully saturated rings. The summed E-state index contributed by atoms with van der Waals surface area (Å²) in [6.07, 6.45) is 1.73. The van der Waals surface area contributed by atoms with E-state index in [0.717, 1.165) is 43.2 Å². The predicted octanol–water partition coefficient (Wildman–Crippen LogP) is 4.98. The fourth-order valence-electron chi connectivity index (χ4n) is 3.96. The van der Waals surface area contributed by atoms with Gasteiger partial charge in [0.1, 0.15) is 5.75 Å². The van der Waals surface area contributed by atoms with Crippen LogP contribution in [0, 0.1) is 0 Å². The van der Waals surface area contributed by atoms with Crippen molar-refractivity contribution in [3.8, 4) is 17.0 Å². The second-order valence-corrected chi connectivity index (χ2v) is 8.30. The minimum atomic E-state index is -0.182. The van der Waals surface area contributed by atoms with Gasteiger partial charge in [-0.1, -0.05) is 12.1 Å². The maximum atomic E-state index is 12.5. The van der Waals surface area contributed by atoms with E-state index in [1.54, 1.807) is 37.6 Å². The summed E-state index contributed by atoms with van der Waals surface area (Å²) < 4.78 is 10.6. The van der Waals surface area contributed by atoms with Crippen molar-refractivity contribution >= 4 is 28.9 Å². The Morgan fingerprint density at radius 3 is 2.28 bits per heavy atom. The molecule has 1 amide bonds. The molecule has 182 valence electrons. The molecule has 0 bridgehead atoms. The highest BCUT2D eigenvalue weighted by molar-refractivity contribution is 6.04. The third-order valence-corrected chi connectivity index (χ3v) is 5.95. The quantitative estimate of drug-likeness (QED) is 0.385. The van der Waals surface area contributed by atoms with Crippen molar-refractivity contribution in [1.82, 2.24) is 9.97 Å². The van der Waals surface area contributed by atoms with Crippen LogP contribution in [-0.4, -0.2) is 49.3 Å². The van der Waals surface area contributed by atoms with E-state index in [9.17, 15) is 4.79 Å². The average molecular weight is 482 g/mol. The number of anilines is 4. The summed E-state index contributed by atoms with van der Waals surface area (Å²) in [5.74, 6) is 1.04. The van der Waals surface area contributed by atoms with Gasteiger partial charge in [-0.15, -0.1) is 0 Å². The molecule has 4 aromatic rings. The highest BCUT2D eigenvalue weighted by atomic mass is 16.5. The first-order chi connectivity index (χ1) is 17.7. The number of hydrogen-bond donors (Lipinski definition) is 2. The number of nitrogens with one attached hydrogen (secondary N) is 2. The normalized spacial score (nSPS) is 13.2. The highest BCUT2D eigenvalue weighted by Gasteiger charge is 2.11. The van der Waals surface area contributed by atoms with Crippen molar-refractivity contribution in [2.24, 2.45) is 0 Å². The summed E-state index contributed by atoms with van der Waals surface area (Å²) in [5, 5.41) is 6.19. The lowest BCUT2D eigenvalue weighted by Gasteiger charge is -2.28. The topological polar surface area (TPSA) is 88.6 Å². The largest absolute Gasteiger partial charge is 0.497 e. The van der Waals surface area contributed by atoms with Crippen LogP contribution in [0.2, 0.25) is 0 Å². The van der Waals surface area contributed by atoms with E-state index in [1.807, 2.05) is 42.5 Å². The van der Waals surface area contributed by atoms with Crippen LogP contribution in [0.4, 0.5) is 23.0 Å². The van der Waals surface area contributed by atoms with Crippen molar-refractivity contribution in [1.29, 1.82) is 0 Å². The number of amides is 1. The second-order valence-electron chi connectivity index (χ2n) is 8.30. The van der Waals surface area contributed by atoms with Gasteiger partial charge in [0.05, 0.1) is 26.0 Å². The summed E-state index contributed by atoms with van der Waals surface area (Å²) in [6, 6.07) is 24.6. The number of hydrogen-bond acceptors (Lipinski definition) is 7. The number of rotatable bonds is 7. The Balaban J connectivity index is 1.22. The Kier molecular flexibility index (Phi) is 7.05. The highest BCUT2D eigenvalue weighted by Crippen LogP contribution is 2.24. The van der Waals surface area contributed by atoms with Gasteiger partial charge in [0.25, 0.3) is 5.91 Å². The Morgan fingerprint density at radius 2 is 1.58 bits per heavy atom. The lowest BCUT2D eigenvalue weighted by atomic mass is 10.1. The van der Waals surface area contributed by atoms with Crippen LogP contribution < -0.4 is 20.3 Å². The summed E-state index contributed by atoms with van der Waals surface area (Å²) in [7, 11) is 1.59. The molecule has 0 unspecified atom stereocenters. The van der Waals surface area contributed by atoms with Crippen molar-refractivity contribution < 1.29 is 14.3 Å². The SMILES string of the molecule is COc1ccc(C(=O)Nc2ccc(-c3ccnc(Nc4ccc(N5CCOCC5)cc4)n3)cc2)cc1. The minimum absolute atomic E-state index is 0.182. The van der Waals surface area contributed by atoms with Crippen molar-refractivity contribution in [3.63, 3.8) is 0 Å². The Morgan fingerprint density at radius 1 is 0.889 bits per heavy atom. The molecular weight excluding hydrogens is 454 g/mol. The van der Waals surface area contributed by atoms with Gasteiger partial charge in [-0.2, -0.15) is 0 Å². The molecule has 0 atom stereocenters. The van der Waals surface area contributed by atoms with Gasteiger partial charge >= 0.3 is 0 Å². The third-order valence-electron chi connectivity index (χ3n) is 5.95. The van der Waals surface area contributed by atoms with E-state index in [2.05, 4.69) is 37.6 Å². The fourth-order valence-corrected chi connectivity index (χ4v) is 3.96. The van der Waals surface area contributed by atoms with Gasteiger partial charge in [0, 0.05) is 47.5 Å². The van der Waals surface area contributed by atoms with Gasteiger partial charge in [0.15, 0.2) is 0 Å². The summed E-state index contributed by atoms with van der Waals surface area (Å²) in [6.45, 7) is 3.33. The van der Waals surface area contributed by atoms with E-state index in [0.29, 0.717) is 22.9 Å².